The van der Waals surface area contributed by atoms with Crippen LogP contribution in [0.25, 0.3) is 0 Å². The second-order valence-electron chi connectivity index (χ2n) is 23.0. The van der Waals surface area contributed by atoms with Crippen molar-refractivity contribution in [3.05, 3.63) is 0 Å². The maximum absolute atomic E-state index is 13.4. The molecule has 2 fully saturated rings. The second kappa shape index (κ2) is 35.8. The van der Waals surface area contributed by atoms with E-state index in [0.29, 0.717) is 29.8 Å². The van der Waals surface area contributed by atoms with Crippen molar-refractivity contribution in [3.63, 3.8) is 0 Å². The average Bonchev–Trinajstić information content (AvgIpc) is 4.10. The molecule has 0 aromatic heterocycles. The fourth-order valence-electron chi connectivity index (χ4n) is 7.08. The first-order chi connectivity index (χ1) is 36.0. The lowest BCUT2D eigenvalue weighted by Gasteiger charge is -2.33. The zero-order valence-corrected chi connectivity index (χ0v) is 52.2. The summed E-state index contributed by atoms with van der Waals surface area (Å²) in [4.78, 5) is 77.8. The van der Waals surface area contributed by atoms with Gasteiger partial charge in [0, 0.05) is 34.8 Å². The molecule has 0 spiro atoms. The van der Waals surface area contributed by atoms with Gasteiger partial charge in [-0.25, -0.2) is 9.59 Å². The molecule has 2 saturated heterocycles. The minimum atomic E-state index is -1.41. The smallest absolute Gasteiger partial charge is 0.337 e. The van der Waals surface area contributed by atoms with Gasteiger partial charge in [0.25, 0.3) is 0 Å². The number of carbonyl (C=O) groups excluding carboxylic acids is 6. The van der Waals surface area contributed by atoms with Crippen molar-refractivity contribution in [1.82, 2.24) is 0 Å². The third-order valence-corrected chi connectivity index (χ3v) is 18.4. The number of hydrogen-bond donors (Lipinski definition) is 0. The Bertz CT molecular complexity index is 1770. The summed E-state index contributed by atoms with van der Waals surface area (Å²) in [6, 6.07) is 0. The molecule has 0 aromatic rings. The lowest BCUT2D eigenvalue weighted by Crippen LogP contribution is -2.46. The first-order valence-electron chi connectivity index (χ1n) is 27.4. The summed E-state index contributed by atoms with van der Waals surface area (Å²) in [5, 5.41) is 1.33. The van der Waals surface area contributed by atoms with Gasteiger partial charge in [0.2, 0.25) is 0 Å². The van der Waals surface area contributed by atoms with Crippen molar-refractivity contribution in [2.24, 2.45) is 10.8 Å². The lowest BCUT2D eigenvalue weighted by atomic mass is 9.93. The van der Waals surface area contributed by atoms with Crippen molar-refractivity contribution >= 4 is 79.0 Å². The molecule has 2 aliphatic rings. The van der Waals surface area contributed by atoms with Crippen LogP contribution in [-0.2, 0) is 85.6 Å². The van der Waals surface area contributed by atoms with Gasteiger partial charge in [0.15, 0.2) is 11.2 Å². The summed E-state index contributed by atoms with van der Waals surface area (Å²) in [6.45, 7) is 23.5. The van der Waals surface area contributed by atoms with E-state index in [4.69, 9.17) is 56.8 Å². The number of carbonyl (C=O) groups is 6. The van der Waals surface area contributed by atoms with E-state index in [1.54, 1.807) is 41.5 Å². The van der Waals surface area contributed by atoms with Crippen molar-refractivity contribution in [1.29, 1.82) is 0 Å². The normalized spacial score (nSPS) is 17.9. The summed E-state index contributed by atoms with van der Waals surface area (Å²) < 4.78 is 68.6. The molecule has 2 rings (SSSR count). The molecule has 0 N–H and O–H groups in total. The van der Waals surface area contributed by atoms with E-state index >= 15 is 0 Å². The highest BCUT2D eigenvalue weighted by Crippen LogP contribution is 2.41. The molecule has 22 heteroatoms. The van der Waals surface area contributed by atoms with Crippen LogP contribution < -0.4 is 0 Å². The van der Waals surface area contributed by atoms with Gasteiger partial charge in [0.05, 0.1) is 63.1 Å². The Morgan fingerprint density at radius 3 is 1.25 bits per heavy atom. The van der Waals surface area contributed by atoms with Gasteiger partial charge >= 0.3 is 35.8 Å². The number of esters is 6. The van der Waals surface area contributed by atoms with Gasteiger partial charge in [-0.3, -0.25) is 19.2 Å². The Labute approximate surface area is 476 Å². The molecule has 0 amide bonds. The molecule has 0 bridgehead atoms. The van der Waals surface area contributed by atoms with Crippen LogP contribution in [0.2, 0.25) is 0 Å². The zero-order valence-electron chi connectivity index (χ0n) is 49.0. The Kier molecular flexibility index (Phi) is 33.0. The van der Waals surface area contributed by atoms with Crippen LogP contribution in [-0.4, -0.2) is 172 Å². The van der Waals surface area contributed by atoms with E-state index in [9.17, 15) is 28.8 Å². The minimum absolute atomic E-state index is 0.0320. The molecule has 0 radical (unpaired) electrons. The van der Waals surface area contributed by atoms with Gasteiger partial charge in [-0.05, 0) is 142 Å². The minimum Gasteiger partial charge on any atom is -0.462 e. The van der Waals surface area contributed by atoms with Crippen LogP contribution in [0.3, 0.4) is 0 Å². The first-order valence-corrected chi connectivity index (χ1v) is 32.1. The van der Waals surface area contributed by atoms with Gasteiger partial charge in [0.1, 0.15) is 50.5 Å². The van der Waals surface area contributed by atoms with Crippen molar-refractivity contribution in [2.45, 2.75) is 213 Å². The van der Waals surface area contributed by atoms with Crippen molar-refractivity contribution in [2.75, 3.05) is 90.8 Å². The van der Waals surface area contributed by atoms with E-state index in [1.165, 1.54) is 24.3 Å². The van der Waals surface area contributed by atoms with Crippen LogP contribution in [0.15, 0.2) is 0 Å². The number of ether oxygens (including phenoxy) is 12. The Morgan fingerprint density at radius 2 is 0.831 bits per heavy atom. The van der Waals surface area contributed by atoms with Crippen LogP contribution in [0.4, 0.5) is 0 Å². The fraction of sp³-hybridized carbons (Fsp3) is 0.891. The van der Waals surface area contributed by atoms with Gasteiger partial charge in [-0.1, -0.05) is 56.0 Å². The molecule has 0 saturated carbocycles. The molecule has 4 atom stereocenters. The molecule has 77 heavy (non-hydrogen) atoms. The van der Waals surface area contributed by atoms with E-state index in [1.807, 2.05) is 98.6 Å². The van der Waals surface area contributed by atoms with Crippen LogP contribution in [0.1, 0.15) is 168 Å². The molecule has 4 unspecified atom stereocenters. The highest BCUT2D eigenvalue weighted by Gasteiger charge is 2.42. The molecule has 18 nitrogen and oxygen atoms in total. The number of rotatable bonds is 42. The quantitative estimate of drug-likeness (QED) is 0.0241. The second-order valence-corrected chi connectivity index (χ2v) is 28.6. The van der Waals surface area contributed by atoms with Gasteiger partial charge in [-0.2, -0.15) is 0 Å². The molecular weight excluding hydrogens is 1080 g/mol. The Morgan fingerprint density at radius 1 is 0.429 bits per heavy atom. The SMILES string of the molecule is CC(C)OCC(C)(COC(=O)C(C)(C)OCCOC(C)(C)CCOC(C)(C)COC(C)(C)C(=O)OCC(C)(COC(C)C)C(=O)OCCOC(=O)CCCCC1CCSS1)C(=O)OCCOC(=O)CCCCC1CCSS1. The average molecular weight is 1170 g/mol. The van der Waals surface area contributed by atoms with E-state index in [-0.39, 0.29) is 103 Å². The molecule has 2 heterocycles. The summed E-state index contributed by atoms with van der Waals surface area (Å²) in [5.41, 5.74) is -6.95. The standard InChI is InChI=1S/C55H96O18S4/c1-40(2)66-36-54(13,48(60)64-29-27-62-44(56)21-17-15-19-42-23-33-74-76-42)38-68-46(58)52(9,10)72-32-31-71-50(5,6)25-26-70-51(7,8)35-73-53(11,12)47(59)69-39-55(14,37-67-41(3)4)49(61)65-30-28-63-45(57)22-18-16-20-43-24-34-75-77-43/h40-43H,15-39H2,1-14H3. The van der Waals surface area contributed by atoms with E-state index in [2.05, 4.69) is 0 Å². The van der Waals surface area contributed by atoms with Crippen molar-refractivity contribution in [3.8, 4) is 0 Å². The predicted octanol–water partition coefficient (Wildman–Crippen LogP) is 10.1. The summed E-state index contributed by atoms with van der Waals surface area (Å²) >= 11 is 0. The van der Waals surface area contributed by atoms with Gasteiger partial charge < -0.3 is 56.8 Å². The number of unbranched alkanes of at least 4 members (excludes halogenated alkanes) is 2. The zero-order chi connectivity index (χ0) is 57.8. The topological polar surface area (TPSA) is 213 Å². The molecule has 0 aliphatic carbocycles. The summed E-state index contributed by atoms with van der Waals surface area (Å²) in [6.07, 6.45) is 8.75. The third-order valence-electron chi connectivity index (χ3n) is 12.4. The monoisotopic (exact) mass is 1170 g/mol. The Balaban J connectivity index is 1.74. The van der Waals surface area contributed by atoms with Gasteiger partial charge in [-0.15, -0.1) is 0 Å². The number of hydrogen-bond acceptors (Lipinski definition) is 22. The van der Waals surface area contributed by atoms with Crippen LogP contribution >= 0.6 is 43.2 Å². The largest absolute Gasteiger partial charge is 0.462 e. The molecule has 448 valence electrons. The Hall–Kier alpha value is -2.02. The highest BCUT2D eigenvalue weighted by atomic mass is 33.1. The maximum atomic E-state index is 13.4. The third kappa shape index (κ3) is 30.6. The summed E-state index contributed by atoms with van der Waals surface area (Å²) in [7, 11) is 7.66. The summed E-state index contributed by atoms with van der Waals surface area (Å²) in [5.74, 6) is -0.989. The van der Waals surface area contributed by atoms with E-state index in [0.717, 1.165) is 38.5 Å². The van der Waals surface area contributed by atoms with Crippen LogP contribution in [0, 0.1) is 10.8 Å². The van der Waals surface area contributed by atoms with Crippen LogP contribution in [0.5, 0.6) is 0 Å². The molecule has 2 aliphatic heterocycles. The van der Waals surface area contributed by atoms with Crippen molar-refractivity contribution < 1.29 is 85.6 Å². The molecule has 0 aromatic carbocycles. The first kappa shape index (κ1) is 71.1. The lowest BCUT2D eigenvalue weighted by molar-refractivity contribution is -0.187. The molecular formula is C55H96O18S4. The highest BCUT2D eigenvalue weighted by molar-refractivity contribution is 8.77. The fourth-order valence-corrected chi connectivity index (χ4v) is 13.1. The maximum Gasteiger partial charge on any atom is 0.337 e. The van der Waals surface area contributed by atoms with E-state index < -0.39 is 57.1 Å². The predicted molar refractivity (Wildman–Crippen MR) is 303 cm³/mol.